The largest absolute Gasteiger partial charge is 0.481 e. The first kappa shape index (κ1) is 15.2. The zero-order chi connectivity index (χ0) is 14.9. The molecule has 0 saturated carbocycles. The molecular formula is C12H12ClIN4O2. The molecule has 2 rings (SSSR count). The lowest BCUT2D eigenvalue weighted by molar-refractivity contribution is -0.142. The lowest BCUT2D eigenvalue weighted by Crippen LogP contribution is -2.23. The molecule has 0 saturated heterocycles. The summed E-state index contributed by atoms with van der Waals surface area (Å²) in [6.07, 6.45) is 0. The molecule has 2 atom stereocenters. The Balaban J connectivity index is 2.48. The number of hydrogen-bond donors (Lipinski definition) is 1. The van der Waals surface area contributed by atoms with Crippen LogP contribution in [0.2, 0.25) is 5.02 Å². The maximum Gasteiger partial charge on any atom is 0.308 e. The van der Waals surface area contributed by atoms with E-state index < -0.39 is 11.9 Å². The molecule has 0 spiro atoms. The molecule has 2 unspecified atom stereocenters. The molecule has 0 aliphatic rings. The van der Waals surface area contributed by atoms with Crippen LogP contribution in [0.1, 0.15) is 19.9 Å². The molecule has 8 heteroatoms. The zero-order valence-corrected chi connectivity index (χ0v) is 13.7. The maximum absolute atomic E-state index is 11.1. The molecule has 1 aromatic heterocycles. The van der Waals surface area contributed by atoms with Gasteiger partial charge in [-0.15, -0.1) is 5.10 Å². The second-order valence-electron chi connectivity index (χ2n) is 4.44. The predicted octanol–water partition coefficient (Wildman–Crippen LogP) is 2.88. The van der Waals surface area contributed by atoms with Crippen molar-refractivity contribution in [3.63, 3.8) is 0 Å². The lowest BCUT2D eigenvalue weighted by atomic mass is 10.0. The summed E-state index contributed by atoms with van der Waals surface area (Å²) in [7, 11) is 0. The molecule has 1 aromatic carbocycles. The molecule has 20 heavy (non-hydrogen) atoms. The van der Waals surface area contributed by atoms with Gasteiger partial charge in [-0.05, 0) is 65.1 Å². The third-order valence-corrected chi connectivity index (χ3v) is 4.34. The van der Waals surface area contributed by atoms with Crippen LogP contribution in [0.15, 0.2) is 18.2 Å². The van der Waals surface area contributed by atoms with Crippen molar-refractivity contribution in [3.8, 4) is 11.4 Å². The Kier molecular flexibility index (Phi) is 4.59. The molecule has 0 aliphatic heterocycles. The van der Waals surface area contributed by atoms with E-state index in [0.717, 1.165) is 9.13 Å². The summed E-state index contributed by atoms with van der Waals surface area (Å²) in [5.41, 5.74) is 0.785. The first-order chi connectivity index (χ1) is 9.41. The van der Waals surface area contributed by atoms with Gasteiger partial charge in [-0.25, -0.2) is 4.68 Å². The molecule has 6 nitrogen and oxygen atoms in total. The fourth-order valence-corrected chi connectivity index (χ4v) is 2.48. The standard InChI is InChI=1S/C12H12ClIN4O2/c1-6(12(19)20)7(2)18-11(15-16-17-18)9-5-8(13)3-4-10(9)14/h3-7H,1-2H3,(H,19,20). The molecule has 0 radical (unpaired) electrons. The first-order valence-corrected chi connectivity index (χ1v) is 7.33. The van der Waals surface area contributed by atoms with Crippen LogP contribution in [0.3, 0.4) is 0 Å². The van der Waals surface area contributed by atoms with E-state index in [-0.39, 0.29) is 6.04 Å². The van der Waals surface area contributed by atoms with E-state index in [9.17, 15) is 4.79 Å². The van der Waals surface area contributed by atoms with Gasteiger partial charge in [-0.3, -0.25) is 4.79 Å². The highest BCUT2D eigenvalue weighted by Gasteiger charge is 2.25. The summed E-state index contributed by atoms with van der Waals surface area (Å²) in [6, 6.07) is 5.04. The van der Waals surface area contributed by atoms with Crippen molar-refractivity contribution in [1.29, 1.82) is 0 Å². The summed E-state index contributed by atoms with van der Waals surface area (Å²) in [6.45, 7) is 3.40. The zero-order valence-electron chi connectivity index (χ0n) is 10.8. The van der Waals surface area contributed by atoms with Crippen molar-refractivity contribution >= 4 is 40.2 Å². The third kappa shape index (κ3) is 2.93. The van der Waals surface area contributed by atoms with Gasteiger partial charge < -0.3 is 5.11 Å². The quantitative estimate of drug-likeness (QED) is 0.790. The summed E-state index contributed by atoms with van der Waals surface area (Å²) in [5.74, 6) is -0.980. The van der Waals surface area contributed by atoms with Crippen LogP contribution in [0, 0.1) is 9.49 Å². The van der Waals surface area contributed by atoms with Crippen LogP contribution in [0.25, 0.3) is 11.4 Å². The second kappa shape index (κ2) is 6.04. The number of tetrazole rings is 1. The highest BCUT2D eigenvalue weighted by molar-refractivity contribution is 14.1. The van der Waals surface area contributed by atoms with Gasteiger partial charge in [-0.2, -0.15) is 0 Å². The van der Waals surface area contributed by atoms with E-state index in [1.807, 2.05) is 6.07 Å². The van der Waals surface area contributed by atoms with Gasteiger partial charge in [0.15, 0.2) is 5.82 Å². The van der Waals surface area contributed by atoms with E-state index in [1.54, 1.807) is 26.0 Å². The number of carbonyl (C=O) groups is 1. The molecule has 1 N–H and O–H groups in total. The third-order valence-electron chi connectivity index (χ3n) is 3.16. The normalized spacial score (nSPS) is 14.0. The van der Waals surface area contributed by atoms with Crippen LogP contribution >= 0.6 is 34.2 Å². The summed E-state index contributed by atoms with van der Waals surface area (Å²) in [5, 5.41) is 21.2. The Morgan fingerprint density at radius 2 is 2.15 bits per heavy atom. The van der Waals surface area contributed by atoms with E-state index in [4.69, 9.17) is 16.7 Å². The molecule has 106 valence electrons. The number of carboxylic acid groups (broad SMARTS) is 1. The highest BCUT2D eigenvalue weighted by atomic mass is 127. The Morgan fingerprint density at radius 3 is 2.80 bits per heavy atom. The Morgan fingerprint density at radius 1 is 1.45 bits per heavy atom. The van der Waals surface area contributed by atoms with Crippen molar-refractivity contribution in [2.75, 3.05) is 0 Å². The smallest absolute Gasteiger partial charge is 0.308 e. The van der Waals surface area contributed by atoms with Gasteiger partial charge in [0.2, 0.25) is 0 Å². The van der Waals surface area contributed by atoms with Gasteiger partial charge in [0.25, 0.3) is 0 Å². The fourth-order valence-electron chi connectivity index (χ4n) is 1.73. The molecule has 2 aromatic rings. The average Bonchev–Trinajstić information content (AvgIpc) is 2.88. The van der Waals surface area contributed by atoms with E-state index in [2.05, 4.69) is 38.1 Å². The summed E-state index contributed by atoms with van der Waals surface area (Å²) >= 11 is 8.17. The average molecular weight is 407 g/mol. The SMILES string of the molecule is CC(C(=O)O)C(C)n1nnnc1-c1cc(Cl)ccc1I. The van der Waals surface area contributed by atoms with E-state index in [0.29, 0.717) is 10.8 Å². The van der Waals surface area contributed by atoms with Crippen molar-refractivity contribution < 1.29 is 9.90 Å². The van der Waals surface area contributed by atoms with Gasteiger partial charge in [0.05, 0.1) is 12.0 Å². The topological polar surface area (TPSA) is 80.9 Å². The number of rotatable bonds is 4. The number of halogens is 2. The monoisotopic (exact) mass is 406 g/mol. The Hall–Kier alpha value is -1.22. The molecule has 0 amide bonds. The highest BCUT2D eigenvalue weighted by Crippen LogP contribution is 2.29. The number of carboxylic acids is 1. The predicted molar refractivity (Wildman–Crippen MR) is 82.5 cm³/mol. The van der Waals surface area contributed by atoms with Gasteiger partial charge in [0.1, 0.15) is 0 Å². The minimum Gasteiger partial charge on any atom is -0.481 e. The second-order valence-corrected chi connectivity index (χ2v) is 6.04. The van der Waals surface area contributed by atoms with E-state index >= 15 is 0 Å². The number of benzene rings is 1. The number of aromatic nitrogens is 4. The van der Waals surface area contributed by atoms with Crippen LogP contribution < -0.4 is 0 Å². The summed E-state index contributed by atoms with van der Waals surface area (Å²) < 4.78 is 2.46. The minimum absolute atomic E-state index is 0.368. The van der Waals surface area contributed by atoms with Crippen molar-refractivity contribution in [3.05, 3.63) is 26.8 Å². The van der Waals surface area contributed by atoms with Gasteiger partial charge in [-0.1, -0.05) is 11.6 Å². The van der Waals surface area contributed by atoms with Crippen LogP contribution in [0.4, 0.5) is 0 Å². The Labute approximate surface area is 134 Å². The number of nitrogens with zero attached hydrogens (tertiary/aromatic N) is 4. The molecular weight excluding hydrogens is 395 g/mol. The number of aliphatic carboxylic acids is 1. The van der Waals surface area contributed by atoms with Crippen LogP contribution in [-0.2, 0) is 4.79 Å². The molecule has 0 bridgehead atoms. The lowest BCUT2D eigenvalue weighted by Gasteiger charge is -2.17. The van der Waals surface area contributed by atoms with Crippen LogP contribution in [-0.4, -0.2) is 31.3 Å². The van der Waals surface area contributed by atoms with Crippen molar-refractivity contribution in [1.82, 2.24) is 20.2 Å². The molecule has 1 heterocycles. The van der Waals surface area contributed by atoms with Crippen molar-refractivity contribution in [2.45, 2.75) is 19.9 Å². The Bertz CT molecular complexity index is 646. The maximum atomic E-state index is 11.1. The number of hydrogen-bond acceptors (Lipinski definition) is 4. The van der Waals surface area contributed by atoms with E-state index in [1.165, 1.54) is 4.68 Å². The van der Waals surface area contributed by atoms with Crippen molar-refractivity contribution in [2.24, 2.45) is 5.92 Å². The molecule has 0 fully saturated rings. The molecule has 0 aliphatic carbocycles. The van der Waals surface area contributed by atoms with Gasteiger partial charge in [0, 0.05) is 14.2 Å². The van der Waals surface area contributed by atoms with Crippen LogP contribution in [0.5, 0.6) is 0 Å². The summed E-state index contributed by atoms with van der Waals surface area (Å²) in [4.78, 5) is 11.1. The van der Waals surface area contributed by atoms with Gasteiger partial charge >= 0.3 is 5.97 Å². The minimum atomic E-state index is -0.889. The first-order valence-electron chi connectivity index (χ1n) is 5.88. The fraction of sp³-hybridized carbons (Fsp3) is 0.333.